The zero-order valence-electron chi connectivity index (χ0n) is 12.1. The van der Waals surface area contributed by atoms with Crippen molar-refractivity contribution in [3.8, 4) is 0 Å². The molecule has 0 aromatic heterocycles. The average Bonchev–Trinajstić information content (AvgIpc) is 3.19. The second-order valence-corrected chi connectivity index (χ2v) is 6.75. The molecule has 0 aliphatic heterocycles. The van der Waals surface area contributed by atoms with E-state index in [-0.39, 0.29) is 30.4 Å². The molecule has 116 valence electrons. The first-order valence-corrected chi connectivity index (χ1v) is 7.90. The summed E-state index contributed by atoms with van der Waals surface area (Å²) >= 11 is 0. The van der Waals surface area contributed by atoms with Crippen LogP contribution in [0.15, 0.2) is 0 Å². The number of nitrogens with one attached hydrogen (secondary N) is 1. The predicted molar refractivity (Wildman–Crippen MR) is 70.5 cm³/mol. The summed E-state index contributed by atoms with van der Waals surface area (Å²) in [5.74, 6) is 0. The quantitative estimate of drug-likeness (QED) is 0.850. The summed E-state index contributed by atoms with van der Waals surface area (Å²) in [6.45, 7) is 2.62. The van der Waals surface area contributed by atoms with Crippen molar-refractivity contribution in [1.29, 1.82) is 0 Å². The molecule has 3 saturated carbocycles. The highest BCUT2D eigenvalue weighted by Crippen LogP contribution is 2.57. The number of alkyl halides is 3. The van der Waals surface area contributed by atoms with Gasteiger partial charge in [0.05, 0.1) is 6.10 Å². The molecule has 0 amide bonds. The number of hydrogen-bond acceptors (Lipinski definition) is 2. The van der Waals surface area contributed by atoms with E-state index in [0.717, 1.165) is 32.1 Å². The molecule has 3 rings (SSSR count). The van der Waals surface area contributed by atoms with Gasteiger partial charge in [-0.1, -0.05) is 19.3 Å². The molecule has 0 aromatic carbocycles. The van der Waals surface area contributed by atoms with Gasteiger partial charge in [-0.25, -0.2) is 0 Å². The van der Waals surface area contributed by atoms with Crippen LogP contribution >= 0.6 is 0 Å². The average molecular weight is 291 g/mol. The standard InChI is InChI=1S/C15H24F3NO/c1-2-20-12-10-11(13(12)6-4-3-5-7-13)19-14(8-9-14)15(16,17)18/h11-12,19H,2-10H2,1H3. The molecule has 1 spiro atoms. The maximum Gasteiger partial charge on any atom is 0.406 e. The summed E-state index contributed by atoms with van der Waals surface area (Å²) in [5.41, 5.74) is -1.62. The monoisotopic (exact) mass is 291 g/mol. The molecule has 1 N–H and O–H groups in total. The van der Waals surface area contributed by atoms with E-state index in [1.807, 2.05) is 6.92 Å². The Kier molecular flexibility index (Phi) is 3.57. The van der Waals surface area contributed by atoms with Gasteiger partial charge < -0.3 is 10.1 Å². The van der Waals surface area contributed by atoms with E-state index in [2.05, 4.69) is 5.32 Å². The zero-order chi connectivity index (χ0) is 14.4. The molecule has 2 unspecified atom stereocenters. The molecule has 0 bridgehead atoms. The Morgan fingerprint density at radius 2 is 1.75 bits per heavy atom. The molecular formula is C15H24F3NO. The lowest BCUT2D eigenvalue weighted by molar-refractivity contribution is -0.195. The van der Waals surface area contributed by atoms with E-state index >= 15 is 0 Å². The topological polar surface area (TPSA) is 21.3 Å². The Balaban J connectivity index is 1.71. The zero-order valence-corrected chi connectivity index (χ0v) is 12.1. The molecule has 2 nitrogen and oxygen atoms in total. The van der Waals surface area contributed by atoms with Crippen molar-refractivity contribution in [2.45, 2.75) is 82.2 Å². The molecule has 2 atom stereocenters. The molecule has 0 heterocycles. The molecule has 3 aliphatic carbocycles. The smallest absolute Gasteiger partial charge is 0.378 e. The van der Waals surface area contributed by atoms with Gasteiger partial charge in [0.2, 0.25) is 0 Å². The molecule has 20 heavy (non-hydrogen) atoms. The predicted octanol–water partition coefficient (Wildman–Crippen LogP) is 3.80. The van der Waals surface area contributed by atoms with Crippen molar-refractivity contribution in [2.75, 3.05) is 6.61 Å². The number of halogens is 3. The first-order valence-electron chi connectivity index (χ1n) is 7.90. The van der Waals surface area contributed by atoms with Crippen LogP contribution in [0.3, 0.4) is 0 Å². The third-order valence-electron chi connectivity index (χ3n) is 5.68. The Labute approximate surface area is 118 Å². The summed E-state index contributed by atoms with van der Waals surface area (Å²) in [6.07, 6.45) is 2.76. The normalized spacial score (nSPS) is 34.8. The summed E-state index contributed by atoms with van der Waals surface area (Å²) in [5, 5.41) is 2.99. The van der Waals surface area contributed by atoms with Gasteiger partial charge in [-0.05, 0) is 39.0 Å². The van der Waals surface area contributed by atoms with Crippen LogP contribution < -0.4 is 5.32 Å². The summed E-state index contributed by atoms with van der Waals surface area (Å²) in [7, 11) is 0. The van der Waals surface area contributed by atoms with E-state index in [0.29, 0.717) is 6.61 Å². The van der Waals surface area contributed by atoms with Gasteiger partial charge in [-0.3, -0.25) is 0 Å². The van der Waals surface area contributed by atoms with Crippen LogP contribution in [0.25, 0.3) is 0 Å². The maximum atomic E-state index is 13.1. The van der Waals surface area contributed by atoms with Crippen LogP contribution in [0.2, 0.25) is 0 Å². The van der Waals surface area contributed by atoms with E-state index in [9.17, 15) is 13.2 Å². The van der Waals surface area contributed by atoms with Crippen LogP contribution in [0.1, 0.15) is 58.3 Å². The molecule has 3 aliphatic rings. The first kappa shape index (κ1) is 14.6. The van der Waals surface area contributed by atoms with Crippen LogP contribution in [0, 0.1) is 5.41 Å². The van der Waals surface area contributed by atoms with Crippen LogP contribution in [0.4, 0.5) is 13.2 Å². The Bertz CT molecular complexity index is 359. The minimum Gasteiger partial charge on any atom is -0.378 e. The molecular weight excluding hydrogens is 267 g/mol. The van der Waals surface area contributed by atoms with Crippen molar-refractivity contribution >= 4 is 0 Å². The van der Waals surface area contributed by atoms with Crippen molar-refractivity contribution in [3.05, 3.63) is 0 Å². The fourth-order valence-electron chi connectivity index (χ4n) is 4.23. The van der Waals surface area contributed by atoms with E-state index < -0.39 is 11.7 Å². The number of hydrogen-bond donors (Lipinski definition) is 1. The van der Waals surface area contributed by atoms with E-state index in [1.165, 1.54) is 6.42 Å². The van der Waals surface area contributed by atoms with Gasteiger partial charge in [0.1, 0.15) is 5.54 Å². The molecule has 3 fully saturated rings. The van der Waals surface area contributed by atoms with Crippen molar-refractivity contribution < 1.29 is 17.9 Å². The summed E-state index contributed by atoms with van der Waals surface area (Å²) in [4.78, 5) is 0. The van der Waals surface area contributed by atoms with E-state index in [1.54, 1.807) is 0 Å². The molecule has 0 radical (unpaired) electrons. The van der Waals surface area contributed by atoms with Gasteiger partial charge in [-0.15, -0.1) is 0 Å². The fraction of sp³-hybridized carbons (Fsp3) is 1.00. The lowest BCUT2D eigenvalue weighted by Gasteiger charge is -2.58. The van der Waals surface area contributed by atoms with Gasteiger partial charge >= 0.3 is 6.18 Å². The number of ether oxygens (including phenoxy) is 1. The highest BCUT2D eigenvalue weighted by molar-refractivity contribution is 5.16. The first-order chi connectivity index (χ1) is 9.44. The summed E-state index contributed by atoms with van der Waals surface area (Å²) < 4.78 is 45.2. The Morgan fingerprint density at radius 3 is 2.25 bits per heavy atom. The van der Waals surface area contributed by atoms with Crippen molar-refractivity contribution in [1.82, 2.24) is 5.32 Å². The van der Waals surface area contributed by atoms with Crippen LogP contribution in [-0.2, 0) is 4.74 Å². The van der Waals surface area contributed by atoms with Gasteiger partial charge in [0.15, 0.2) is 0 Å². The second-order valence-electron chi connectivity index (χ2n) is 6.75. The Hall–Kier alpha value is -0.290. The van der Waals surface area contributed by atoms with Gasteiger partial charge in [0, 0.05) is 18.1 Å². The Morgan fingerprint density at radius 1 is 1.10 bits per heavy atom. The highest BCUT2D eigenvalue weighted by Gasteiger charge is 2.67. The molecule has 5 heteroatoms. The number of rotatable bonds is 4. The van der Waals surface area contributed by atoms with Gasteiger partial charge in [-0.2, -0.15) is 13.2 Å². The minimum atomic E-state index is -4.11. The lowest BCUT2D eigenvalue weighted by atomic mass is 9.55. The SMILES string of the molecule is CCOC1CC(NC2(C(F)(F)F)CC2)C12CCCCC2. The largest absolute Gasteiger partial charge is 0.406 e. The molecule has 0 saturated heterocycles. The molecule has 0 aromatic rings. The highest BCUT2D eigenvalue weighted by atomic mass is 19.4. The third kappa shape index (κ3) is 2.17. The second kappa shape index (κ2) is 4.87. The van der Waals surface area contributed by atoms with Gasteiger partial charge in [0.25, 0.3) is 0 Å². The van der Waals surface area contributed by atoms with Crippen LogP contribution in [0.5, 0.6) is 0 Å². The third-order valence-corrected chi connectivity index (χ3v) is 5.68. The lowest BCUT2D eigenvalue weighted by Crippen LogP contribution is -2.68. The van der Waals surface area contributed by atoms with Crippen molar-refractivity contribution in [3.63, 3.8) is 0 Å². The van der Waals surface area contributed by atoms with E-state index in [4.69, 9.17) is 4.74 Å². The fourth-order valence-corrected chi connectivity index (χ4v) is 4.23. The maximum absolute atomic E-state index is 13.1. The summed E-state index contributed by atoms with van der Waals surface area (Å²) in [6, 6.07) is -0.0107. The van der Waals surface area contributed by atoms with Crippen molar-refractivity contribution in [2.24, 2.45) is 5.41 Å². The van der Waals surface area contributed by atoms with Crippen LogP contribution in [-0.4, -0.2) is 30.5 Å². The minimum absolute atomic E-state index is 0.0107.